The summed E-state index contributed by atoms with van der Waals surface area (Å²) in [6, 6.07) is 0. The van der Waals surface area contributed by atoms with Gasteiger partial charge in [0.1, 0.15) is 0 Å². The monoisotopic (exact) mass is 432 g/mol. The molecule has 172 valence electrons. The van der Waals surface area contributed by atoms with Gasteiger partial charge in [-0.25, -0.2) is 4.57 Å². The maximum absolute atomic E-state index is 12.3. The minimum absolute atomic E-state index is 0.114. The Balaban J connectivity index is 3.58. The third-order valence-corrected chi connectivity index (χ3v) is 5.78. The number of phosphoric ester groups is 1. The molecule has 0 unspecified atom stereocenters. The lowest BCUT2D eigenvalue weighted by Gasteiger charge is -2.15. The Morgan fingerprint density at radius 3 is 1.62 bits per heavy atom. The topological polar surface area (TPSA) is 96.8 Å². The lowest BCUT2D eigenvalue weighted by atomic mass is 10.1. The van der Waals surface area contributed by atoms with Gasteiger partial charge >= 0.3 is 7.82 Å². The van der Waals surface area contributed by atoms with Gasteiger partial charge in [0.2, 0.25) is 0 Å². The summed E-state index contributed by atoms with van der Waals surface area (Å²) in [6.07, 6.45) is 24.1. The van der Waals surface area contributed by atoms with Crippen molar-refractivity contribution in [3.8, 4) is 0 Å². The smallest absolute Gasteiger partial charge is 0.412 e. The van der Waals surface area contributed by atoms with E-state index in [1.165, 1.54) is 76.9 Å². The van der Waals surface area contributed by atoms with E-state index in [0.717, 1.165) is 12.8 Å². The zero-order valence-corrected chi connectivity index (χ0v) is 19.5. The van der Waals surface area contributed by atoms with Crippen molar-refractivity contribution in [1.82, 2.24) is 0 Å². The normalized spacial score (nSPS) is 12.4. The Morgan fingerprint density at radius 2 is 1.14 bits per heavy atom. The number of hydrogen-bond donors (Lipinski definition) is 2. The lowest BCUT2D eigenvalue weighted by molar-refractivity contribution is 0.148. The molecule has 0 fully saturated rings. The molecule has 29 heavy (non-hydrogen) atoms. The summed E-state index contributed by atoms with van der Waals surface area (Å²) in [4.78, 5) is 0. The van der Waals surface area contributed by atoms with Crippen molar-refractivity contribution in [1.29, 1.82) is 0 Å². The van der Waals surface area contributed by atoms with Gasteiger partial charge in [0.05, 0.1) is 19.5 Å². The van der Waals surface area contributed by atoms with Crippen LogP contribution in [0.25, 0.3) is 0 Å². The van der Waals surface area contributed by atoms with E-state index in [9.17, 15) is 4.57 Å². The van der Waals surface area contributed by atoms with Crippen molar-refractivity contribution in [2.75, 3.05) is 26.3 Å². The molecular formula is C22H45N2O4P. The van der Waals surface area contributed by atoms with Crippen molar-refractivity contribution in [2.45, 2.75) is 90.4 Å². The largest absolute Gasteiger partial charge is 0.529 e. The SMILES string of the molecule is CCCCCCCC/C=C/CCCCCC/C=C/OP(=O)(OCCN)OCCN. The fraction of sp³-hybridized carbons (Fsp3) is 0.818. The van der Waals surface area contributed by atoms with Gasteiger partial charge < -0.3 is 16.0 Å². The minimum Gasteiger partial charge on any atom is -0.412 e. The van der Waals surface area contributed by atoms with E-state index in [4.69, 9.17) is 25.0 Å². The van der Waals surface area contributed by atoms with Crippen LogP contribution in [0.5, 0.6) is 0 Å². The summed E-state index contributed by atoms with van der Waals surface area (Å²) in [5.41, 5.74) is 10.7. The first-order valence-electron chi connectivity index (χ1n) is 11.5. The molecule has 0 bridgehead atoms. The molecule has 0 saturated heterocycles. The Labute approximate surface area is 179 Å². The average Bonchev–Trinajstić information content (AvgIpc) is 2.73. The van der Waals surface area contributed by atoms with Gasteiger partial charge in [0.25, 0.3) is 0 Å². The second-order valence-electron chi connectivity index (χ2n) is 7.19. The van der Waals surface area contributed by atoms with Crippen molar-refractivity contribution < 1.29 is 18.1 Å². The maximum Gasteiger partial charge on any atom is 0.529 e. The lowest BCUT2D eigenvalue weighted by Crippen LogP contribution is -2.12. The number of unbranched alkanes of at least 4 members (excludes halogenated alkanes) is 11. The highest BCUT2D eigenvalue weighted by molar-refractivity contribution is 7.48. The second-order valence-corrected chi connectivity index (χ2v) is 8.81. The number of phosphoric acid groups is 1. The highest BCUT2D eigenvalue weighted by Gasteiger charge is 2.25. The Kier molecular flexibility index (Phi) is 21.6. The first-order chi connectivity index (χ1) is 14.2. The minimum atomic E-state index is -3.60. The molecule has 0 aliphatic rings. The summed E-state index contributed by atoms with van der Waals surface area (Å²) in [6.45, 7) is 2.98. The van der Waals surface area contributed by atoms with Crippen molar-refractivity contribution in [3.63, 3.8) is 0 Å². The zero-order valence-electron chi connectivity index (χ0n) is 18.6. The first kappa shape index (κ1) is 28.4. The van der Waals surface area contributed by atoms with Crippen molar-refractivity contribution in [3.05, 3.63) is 24.5 Å². The van der Waals surface area contributed by atoms with E-state index in [1.54, 1.807) is 0 Å². The standard InChI is InChI=1S/C22H45N2O4P/c1-2-3-4-5-6-7-8-9-10-11-12-13-14-15-16-17-20-26-29(25,27-21-18-23)28-22-19-24/h9-10,17,20H,2-8,11-16,18-19,21-24H2,1H3/b10-9+,20-17+. The molecule has 0 rings (SSSR count). The predicted molar refractivity (Wildman–Crippen MR) is 123 cm³/mol. The van der Waals surface area contributed by atoms with Crippen LogP contribution in [-0.4, -0.2) is 26.3 Å². The van der Waals surface area contributed by atoms with Gasteiger partial charge in [0, 0.05) is 13.1 Å². The predicted octanol–water partition coefficient (Wildman–Crippen LogP) is 6.22. The first-order valence-corrected chi connectivity index (χ1v) is 12.9. The summed E-state index contributed by atoms with van der Waals surface area (Å²) in [5, 5.41) is 0. The van der Waals surface area contributed by atoms with Gasteiger partial charge in [-0.2, -0.15) is 0 Å². The number of rotatable bonds is 22. The Bertz CT molecular complexity index is 433. The molecule has 0 aromatic rings. The molecule has 0 spiro atoms. The van der Waals surface area contributed by atoms with Crippen LogP contribution in [0.2, 0.25) is 0 Å². The van der Waals surface area contributed by atoms with Crippen LogP contribution in [0, 0.1) is 0 Å². The molecule has 0 amide bonds. The second kappa shape index (κ2) is 22.0. The molecule has 4 N–H and O–H groups in total. The van der Waals surface area contributed by atoms with E-state index in [0.29, 0.717) is 0 Å². The number of nitrogens with two attached hydrogens (primary N) is 2. The van der Waals surface area contributed by atoms with Gasteiger partial charge in [-0.3, -0.25) is 9.05 Å². The molecule has 0 saturated carbocycles. The molecule has 0 aromatic heterocycles. The summed E-state index contributed by atoms with van der Waals surface area (Å²) in [5.74, 6) is 0. The summed E-state index contributed by atoms with van der Waals surface area (Å²) in [7, 11) is -3.60. The molecule has 0 aromatic carbocycles. The average molecular weight is 433 g/mol. The number of allylic oxidation sites excluding steroid dienone is 3. The van der Waals surface area contributed by atoms with Gasteiger partial charge in [-0.05, 0) is 44.6 Å². The van der Waals surface area contributed by atoms with Crippen LogP contribution in [0.4, 0.5) is 0 Å². The third-order valence-electron chi connectivity index (χ3n) is 4.40. The molecule has 0 radical (unpaired) electrons. The van der Waals surface area contributed by atoms with Crippen LogP contribution in [0.1, 0.15) is 90.4 Å². The van der Waals surface area contributed by atoms with Crippen molar-refractivity contribution in [2.24, 2.45) is 11.5 Å². The van der Waals surface area contributed by atoms with E-state index >= 15 is 0 Å². The van der Waals surface area contributed by atoms with Gasteiger partial charge in [0.15, 0.2) is 0 Å². The molecule has 0 aliphatic carbocycles. The third kappa shape index (κ3) is 20.4. The fourth-order valence-corrected chi connectivity index (χ4v) is 3.86. The Morgan fingerprint density at radius 1 is 0.690 bits per heavy atom. The van der Waals surface area contributed by atoms with E-state index < -0.39 is 7.82 Å². The summed E-state index contributed by atoms with van der Waals surface area (Å²) < 4.78 is 27.6. The molecule has 0 heterocycles. The van der Waals surface area contributed by atoms with E-state index in [2.05, 4.69) is 19.1 Å². The molecule has 0 atom stereocenters. The molecule has 0 aliphatic heterocycles. The van der Waals surface area contributed by atoms with Crippen LogP contribution in [-0.2, 0) is 18.1 Å². The fourth-order valence-electron chi connectivity index (χ4n) is 2.77. The van der Waals surface area contributed by atoms with Crippen LogP contribution >= 0.6 is 7.82 Å². The molecule has 6 nitrogen and oxygen atoms in total. The van der Waals surface area contributed by atoms with Gasteiger partial charge in [-0.15, -0.1) is 0 Å². The quantitative estimate of drug-likeness (QED) is 0.0912. The van der Waals surface area contributed by atoms with E-state index in [-0.39, 0.29) is 26.3 Å². The van der Waals surface area contributed by atoms with Crippen LogP contribution < -0.4 is 11.5 Å². The van der Waals surface area contributed by atoms with E-state index in [1.807, 2.05) is 6.08 Å². The van der Waals surface area contributed by atoms with Crippen LogP contribution in [0.3, 0.4) is 0 Å². The zero-order chi connectivity index (χ0) is 21.5. The van der Waals surface area contributed by atoms with Gasteiger partial charge in [-0.1, -0.05) is 64.0 Å². The Hall–Kier alpha value is -0.650. The molecular weight excluding hydrogens is 387 g/mol. The van der Waals surface area contributed by atoms with Crippen LogP contribution in [0.15, 0.2) is 24.5 Å². The van der Waals surface area contributed by atoms with Crippen molar-refractivity contribution >= 4 is 7.82 Å². The highest BCUT2D eigenvalue weighted by atomic mass is 31.2. The number of hydrogen-bond acceptors (Lipinski definition) is 6. The maximum atomic E-state index is 12.3. The highest BCUT2D eigenvalue weighted by Crippen LogP contribution is 2.49. The summed E-state index contributed by atoms with van der Waals surface area (Å²) >= 11 is 0. The molecule has 7 heteroatoms.